The average molecular weight is 552 g/mol. The number of carboxylic acid groups (broad SMARTS) is 1. The van der Waals surface area contributed by atoms with E-state index in [1.165, 1.54) is 12.1 Å². The molecule has 0 aliphatic carbocycles. The molecule has 0 saturated heterocycles. The Labute approximate surface area is 230 Å². The van der Waals surface area contributed by atoms with E-state index in [0.29, 0.717) is 17.0 Å². The van der Waals surface area contributed by atoms with Gasteiger partial charge in [0, 0.05) is 23.7 Å². The number of carbonyl (C=O) groups is 2. The number of halogens is 3. The van der Waals surface area contributed by atoms with Gasteiger partial charge in [-0.15, -0.1) is 0 Å². The van der Waals surface area contributed by atoms with Crippen LogP contribution >= 0.6 is 0 Å². The number of alkyl halides is 3. The van der Waals surface area contributed by atoms with Crippen LogP contribution in [0.5, 0.6) is 0 Å². The predicted molar refractivity (Wildman–Crippen MR) is 148 cm³/mol. The fourth-order valence-corrected chi connectivity index (χ4v) is 4.87. The highest BCUT2D eigenvalue weighted by Gasteiger charge is 2.30. The molecule has 9 heteroatoms. The van der Waals surface area contributed by atoms with E-state index >= 15 is 0 Å². The van der Waals surface area contributed by atoms with Gasteiger partial charge in [0.2, 0.25) is 0 Å². The van der Waals surface area contributed by atoms with Gasteiger partial charge in [0.25, 0.3) is 5.91 Å². The highest BCUT2D eigenvalue weighted by Crippen LogP contribution is 2.36. The van der Waals surface area contributed by atoms with Gasteiger partial charge in [0.05, 0.1) is 23.5 Å². The molecule has 0 fully saturated rings. The number of hydrogen-bond donors (Lipinski definition) is 2. The molecular weight excluding hydrogens is 519 g/mol. The van der Waals surface area contributed by atoms with Crippen molar-refractivity contribution in [1.29, 1.82) is 0 Å². The molecule has 40 heavy (non-hydrogen) atoms. The summed E-state index contributed by atoms with van der Waals surface area (Å²) in [7, 11) is 0. The Morgan fingerprint density at radius 2 is 1.65 bits per heavy atom. The van der Waals surface area contributed by atoms with E-state index in [4.69, 9.17) is 10.2 Å². The van der Waals surface area contributed by atoms with Gasteiger partial charge in [-0.25, -0.2) is 0 Å². The molecule has 4 aromatic rings. The van der Waals surface area contributed by atoms with E-state index < -0.39 is 17.7 Å². The van der Waals surface area contributed by atoms with Crippen LogP contribution in [0.4, 0.5) is 13.2 Å². The minimum absolute atomic E-state index is 0.0547. The Morgan fingerprint density at radius 1 is 0.975 bits per heavy atom. The number of carboxylic acids is 1. The first-order valence-corrected chi connectivity index (χ1v) is 13.1. The maximum atomic E-state index is 13.2. The van der Waals surface area contributed by atoms with Crippen LogP contribution in [-0.4, -0.2) is 33.3 Å². The fraction of sp³-hybridized carbons (Fsp3) is 0.323. The van der Waals surface area contributed by atoms with Crippen molar-refractivity contribution >= 4 is 22.8 Å². The molecule has 0 bridgehead atoms. The quantitative estimate of drug-likeness (QED) is 0.231. The second kappa shape index (κ2) is 11.5. The zero-order chi connectivity index (χ0) is 29.2. The van der Waals surface area contributed by atoms with Gasteiger partial charge in [0.15, 0.2) is 0 Å². The Kier molecular flexibility index (Phi) is 8.32. The van der Waals surface area contributed by atoms with Gasteiger partial charge in [-0.1, -0.05) is 32.0 Å². The highest BCUT2D eigenvalue weighted by molar-refractivity contribution is 5.94. The van der Waals surface area contributed by atoms with Gasteiger partial charge >= 0.3 is 12.1 Å². The van der Waals surface area contributed by atoms with E-state index in [2.05, 4.69) is 19.2 Å². The van der Waals surface area contributed by atoms with Gasteiger partial charge < -0.3 is 10.4 Å². The van der Waals surface area contributed by atoms with E-state index in [1.807, 2.05) is 42.1 Å². The van der Waals surface area contributed by atoms with Crippen molar-refractivity contribution in [3.63, 3.8) is 0 Å². The average Bonchev–Trinajstić information content (AvgIpc) is 3.28. The number of aromatic nitrogens is 2. The monoisotopic (exact) mass is 551 g/mol. The number of aryl methyl sites for hydroxylation is 2. The summed E-state index contributed by atoms with van der Waals surface area (Å²) < 4.78 is 41.5. The summed E-state index contributed by atoms with van der Waals surface area (Å²) in [5, 5.41) is 17.1. The maximum absolute atomic E-state index is 13.2. The SMILES string of the molecule is Cc1cc(C(F)(F)F)ccc1-c1cc2cn([C@@H](CC(C)C)c3ccc(C(=O)NCCC(=O)O)cc3)nc2cc1C. The third-order valence-electron chi connectivity index (χ3n) is 6.91. The predicted octanol–water partition coefficient (Wildman–Crippen LogP) is 7.18. The number of aliphatic carboxylic acids is 1. The van der Waals surface area contributed by atoms with Crippen molar-refractivity contribution in [1.82, 2.24) is 15.1 Å². The molecule has 1 aromatic heterocycles. The van der Waals surface area contributed by atoms with Crippen molar-refractivity contribution < 1.29 is 27.9 Å². The van der Waals surface area contributed by atoms with E-state index in [1.54, 1.807) is 19.1 Å². The van der Waals surface area contributed by atoms with Crippen LogP contribution in [0, 0.1) is 19.8 Å². The van der Waals surface area contributed by atoms with Crippen molar-refractivity contribution in [2.75, 3.05) is 6.54 Å². The summed E-state index contributed by atoms with van der Waals surface area (Å²) in [6, 6.07) is 14.8. The molecule has 0 spiro atoms. The molecule has 1 atom stereocenters. The molecule has 0 aliphatic heterocycles. The lowest BCUT2D eigenvalue weighted by Gasteiger charge is -2.20. The zero-order valence-corrected chi connectivity index (χ0v) is 22.8. The fourth-order valence-electron chi connectivity index (χ4n) is 4.87. The molecule has 0 radical (unpaired) electrons. The number of amides is 1. The zero-order valence-electron chi connectivity index (χ0n) is 22.8. The van der Waals surface area contributed by atoms with Crippen molar-refractivity contribution in [3.8, 4) is 11.1 Å². The van der Waals surface area contributed by atoms with Crippen molar-refractivity contribution in [2.45, 2.75) is 52.8 Å². The Morgan fingerprint density at radius 3 is 2.25 bits per heavy atom. The summed E-state index contributed by atoms with van der Waals surface area (Å²) in [6.45, 7) is 7.91. The number of nitrogens with zero attached hydrogens (tertiary/aromatic N) is 2. The third-order valence-corrected chi connectivity index (χ3v) is 6.91. The molecule has 0 unspecified atom stereocenters. The standard InChI is InChI=1S/C31H32F3N3O3/c1-18(2)13-28(21-5-7-22(8-6-21)30(40)35-12-11-29(38)39)37-17-23-16-26(20(4)15-27(23)36-37)25-10-9-24(14-19(25)3)31(32,33)34/h5-10,14-18,28H,11-13H2,1-4H3,(H,35,40)(H,38,39)/t28-/m0/s1. The van der Waals surface area contributed by atoms with Crippen molar-refractivity contribution in [2.24, 2.45) is 5.92 Å². The molecule has 4 rings (SSSR count). The van der Waals surface area contributed by atoms with E-state index in [-0.39, 0.29) is 24.9 Å². The maximum Gasteiger partial charge on any atom is 0.416 e. The number of fused-ring (bicyclic) bond motifs is 1. The lowest BCUT2D eigenvalue weighted by Crippen LogP contribution is -2.26. The summed E-state index contributed by atoms with van der Waals surface area (Å²) in [5.41, 5.74) is 4.60. The highest BCUT2D eigenvalue weighted by atomic mass is 19.4. The van der Waals surface area contributed by atoms with Gasteiger partial charge in [-0.05, 0) is 90.4 Å². The largest absolute Gasteiger partial charge is 0.481 e. The Hall–Kier alpha value is -4.14. The van der Waals surface area contributed by atoms with Crippen LogP contribution in [0.25, 0.3) is 22.0 Å². The summed E-state index contributed by atoms with van der Waals surface area (Å²) in [5.74, 6) is -0.960. The lowest BCUT2D eigenvalue weighted by atomic mass is 9.94. The molecule has 0 saturated carbocycles. The normalized spacial score (nSPS) is 12.6. The minimum Gasteiger partial charge on any atom is -0.481 e. The molecule has 3 aromatic carbocycles. The number of rotatable bonds is 9. The van der Waals surface area contributed by atoms with Crippen LogP contribution in [0.3, 0.4) is 0 Å². The Bertz CT molecular complexity index is 1540. The molecular formula is C31H32F3N3O3. The summed E-state index contributed by atoms with van der Waals surface area (Å²) >= 11 is 0. The van der Waals surface area contributed by atoms with E-state index in [9.17, 15) is 22.8 Å². The molecule has 1 amide bonds. The Balaban J connectivity index is 1.65. The van der Waals surface area contributed by atoms with Crippen LogP contribution in [-0.2, 0) is 11.0 Å². The summed E-state index contributed by atoms with van der Waals surface area (Å²) in [6.07, 6.45) is -1.79. The molecule has 0 aliphatic rings. The number of hydrogen-bond acceptors (Lipinski definition) is 3. The van der Waals surface area contributed by atoms with Crippen LogP contribution < -0.4 is 5.32 Å². The number of carbonyl (C=O) groups excluding carboxylic acids is 1. The minimum atomic E-state index is -4.39. The molecule has 210 valence electrons. The van der Waals surface area contributed by atoms with E-state index in [0.717, 1.165) is 45.6 Å². The smallest absolute Gasteiger partial charge is 0.416 e. The first kappa shape index (κ1) is 28.9. The van der Waals surface area contributed by atoms with Gasteiger partial charge in [0.1, 0.15) is 0 Å². The van der Waals surface area contributed by atoms with Crippen LogP contribution in [0.15, 0.2) is 60.8 Å². The lowest BCUT2D eigenvalue weighted by molar-refractivity contribution is -0.138. The second-order valence-electron chi connectivity index (χ2n) is 10.5. The van der Waals surface area contributed by atoms with Crippen molar-refractivity contribution in [3.05, 3.63) is 88.6 Å². The molecule has 1 heterocycles. The topological polar surface area (TPSA) is 84.2 Å². The molecule has 2 N–H and O–H groups in total. The van der Waals surface area contributed by atoms with Crippen LogP contribution in [0.1, 0.15) is 65.3 Å². The summed E-state index contributed by atoms with van der Waals surface area (Å²) in [4.78, 5) is 23.1. The second-order valence-corrected chi connectivity index (χ2v) is 10.5. The molecule has 6 nitrogen and oxygen atoms in total. The first-order valence-electron chi connectivity index (χ1n) is 13.1. The van der Waals surface area contributed by atoms with Gasteiger partial charge in [-0.3, -0.25) is 14.3 Å². The first-order chi connectivity index (χ1) is 18.8. The van der Waals surface area contributed by atoms with Crippen LogP contribution in [0.2, 0.25) is 0 Å². The third kappa shape index (κ3) is 6.52. The van der Waals surface area contributed by atoms with Gasteiger partial charge in [-0.2, -0.15) is 18.3 Å². The number of benzene rings is 3. The number of nitrogens with one attached hydrogen (secondary N) is 1.